The van der Waals surface area contributed by atoms with Gasteiger partial charge in [0.15, 0.2) is 17.1 Å². The molecule has 0 saturated heterocycles. The van der Waals surface area contributed by atoms with Crippen molar-refractivity contribution in [3.8, 4) is 5.75 Å². The number of hydrazone groups is 1. The number of fused-ring (bicyclic) bond motifs is 2. The highest BCUT2D eigenvalue weighted by molar-refractivity contribution is 9.10. The Balaban J connectivity index is 1.57. The van der Waals surface area contributed by atoms with Crippen LogP contribution in [0.3, 0.4) is 0 Å². The highest BCUT2D eigenvalue weighted by Gasteiger charge is 2.29. The Morgan fingerprint density at radius 1 is 1.28 bits per heavy atom. The molecule has 32 heavy (non-hydrogen) atoms. The van der Waals surface area contributed by atoms with E-state index in [0.717, 1.165) is 21.1 Å². The second-order valence-corrected chi connectivity index (χ2v) is 9.59. The predicted molar refractivity (Wildman–Crippen MR) is 133 cm³/mol. The number of rotatable bonds is 4. The van der Waals surface area contributed by atoms with Crippen LogP contribution in [0.5, 0.6) is 5.75 Å². The van der Waals surface area contributed by atoms with E-state index >= 15 is 0 Å². The molecule has 3 aromatic rings. The summed E-state index contributed by atoms with van der Waals surface area (Å²) in [6, 6.07) is 9.18. The van der Waals surface area contributed by atoms with E-state index in [4.69, 9.17) is 20.8 Å². The van der Waals surface area contributed by atoms with Gasteiger partial charge in [-0.1, -0.05) is 33.6 Å². The van der Waals surface area contributed by atoms with Crippen LogP contribution in [0.25, 0.3) is 16.5 Å². The lowest BCUT2D eigenvalue weighted by molar-refractivity contribution is 0.0929. The van der Waals surface area contributed by atoms with E-state index in [1.807, 2.05) is 25.2 Å². The van der Waals surface area contributed by atoms with Gasteiger partial charge < -0.3 is 14.1 Å². The van der Waals surface area contributed by atoms with Gasteiger partial charge in [0.05, 0.1) is 23.9 Å². The lowest BCUT2D eigenvalue weighted by atomic mass is 9.88. The fourth-order valence-corrected chi connectivity index (χ4v) is 4.51. The molecule has 0 atom stereocenters. The number of hydrogen-bond acceptors (Lipinski definition) is 5. The largest absolute Gasteiger partial charge is 0.493 e. The molecule has 0 unspecified atom stereocenters. The van der Waals surface area contributed by atoms with Gasteiger partial charge in [-0.15, -0.1) is 0 Å². The first-order chi connectivity index (χ1) is 15.1. The molecule has 0 radical (unpaired) electrons. The molecule has 2 heterocycles. The predicted octanol–water partition coefficient (Wildman–Crippen LogP) is 6.25. The third-order valence-corrected chi connectivity index (χ3v) is 6.48. The van der Waals surface area contributed by atoms with E-state index in [1.54, 1.807) is 19.2 Å². The van der Waals surface area contributed by atoms with Gasteiger partial charge in [0.1, 0.15) is 0 Å². The van der Waals surface area contributed by atoms with Crippen molar-refractivity contribution in [2.45, 2.75) is 26.3 Å². The van der Waals surface area contributed by atoms with Crippen molar-refractivity contribution in [1.82, 2.24) is 5.43 Å². The highest BCUT2D eigenvalue weighted by atomic mass is 79.9. The molecule has 1 aliphatic heterocycles. The van der Waals surface area contributed by atoms with Gasteiger partial charge >= 0.3 is 5.91 Å². The number of likely N-dealkylation sites (N-methyl/N-ethyl adjacent to an activating group) is 1. The van der Waals surface area contributed by atoms with Crippen LogP contribution in [0.4, 0.5) is 5.69 Å². The van der Waals surface area contributed by atoms with E-state index in [9.17, 15) is 4.79 Å². The molecule has 2 aromatic carbocycles. The van der Waals surface area contributed by atoms with E-state index in [0.29, 0.717) is 21.9 Å². The van der Waals surface area contributed by atoms with Crippen molar-refractivity contribution in [1.29, 1.82) is 0 Å². The number of ether oxygens (including phenoxy) is 1. The summed E-state index contributed by atoms with van der Waals surface area (Å²) in [7, 11) is 3.60. The average molecular weight is 517 g/mol. The van der Waals surface area contributed by atoms with Crippen molar-refractivity contribution in [3.63, 3.8) is 0 Å². The van der Waals surface area contributed by atoms with E-state index in [-0.39, 0.29) is 11.3 Å². The van der Waals surface area contributed by atoms with Crippen LogP contribution in [0, 0.1) is 0 Å². The van der Waals surface area contributed by atoms with E-state index < -0.39 is 5.91 Å². The van der Waals surface area contributed by atoms with Crippen molar-refractivity contribution >= 4 is 61.9 Å². The maximum Gasteiger partial charge on any atom is 0.307 e. The van der Waals surface area contributed by atoms with Crippen molar-refractivity contribution in [3.05, 3.63) is 62.8 Å². The summed E-state index contributed by atoms with van der Waals surface area (Å²) >= 11 is 9.93. The number of benzene rings is 2. The lowest BCUT2D eigenvalue weighted by Gasteiger charge is -2.40. The molecule has 1 N–H and O–H groups in total. The summed E-state index contributed by atoms with van der Waals surface area (Å²) in [5, 5.41) is 5.39. The van der Waals surface area contributed by atoms with Gasteiger partial charge in [0.25, 0.3) is 0 Å². The molecule has 4 rings (SSSR count). The number of carbonyl (C=O) groups excluding carboxylic acids is 1. The summed E-state index contributed by atoms with van der Waals surface area (Å²) in [6.07, 6.45) is 3.76. The first-order valence-electron chi connectivity index (χ1n) is 9.98. The van der Waals surface area contributed by atoms with Crippen LogP contribution in [-0.4, -0.2) is 31.8 Å². The zero-order valence-corrected chi connectivity index (χ0v) is 20.8. The topological polar surface area (TPSA) is 67.1 Å². The van der Waals surface area contributed by atoms with Gasteiger partial charge in [-0.3, -0.25) is 4.79 Å². The molecule has 0 fully saturated rings. The van der Waals surface area contributed by atoms with E-state index in [2.05, 4.69) is 58.2 Å². The van der Waals surface area contributed by atoms with Gasteiger partial charge in [0.2, 0.25) is 0 Å². The Kier molecular flexibility index (Phi) is 5.81. The van der Waals surface area contributed by atoms with E-state index in [1.165, 1.54) is 11.8 Å². The normalized spacial score (nSPS) is 15.1. The molecule has 166 valence electrons. The number of carbonyl (C=O) groups is 1. The van der Waals surface area contributed by atoms with Crippen molar-refractivity contribution in [2.75, 3.05) is 19.1 Å². The maximum absolute atomic E-state index is 12.6. The number of amides is 1. The molecule has 1 aromatic heterocycles. The highest BCUT2D eigenvalue weighted by Crippen LogP contribution is 2.40. The molecule has 1 aliphatic rings. The maximum atomic E-state index is 12.6. The Hall–Kier alpha value is -2.77. The Morgan fingerprint density at radius 3 is 2.75 bits per heavy atom. The summed E-state index contributed by atoms with van der Waals surface area (Å²) in [6.45, 7) is 6.40. The monoisotopic (exact) mass is 515 g/mol. The number of methoxy groups -OCH3 is 1. The van der Waals surface area contributed by atoms with Crippen LogP contribution in [0.2, 0.25) is 5.02 Å². The minimum atomic E-state index is -0.470. The molecular weight excluding hydrogens is 494 g/mol. The van der Waals surface area contributed by atoms with Crippen LogP contribution < -0.4 is 15.1 Å². The number of hydrogen-bond donors (Lipinski definition) is 1. The molecule has 0 aliphatic carbocycles. The second kappa shape index (κ2) is 8.30. The first-order valence-corrected chi connectivity index (χ1v) is 11.2. The van der Waals surface area contributed by atoms with Gasteiger partial charge in [-0.2, -0.15) is 5.10 Å². The molecule has 0 saturated carbocycles. The summed E-state index contributed by atoms with van der Waals surface area (Å²) in [5.74, 6) is 0.198. The van der Waals surface area contributed by atoms with Crippen LogP contribution in [-0.2, 0) is 0 Å². The zero-order valence-electron chi connectivity index (χ0n) is 18.4. The quantitative estimate of drug-likeness (QED) is 0.329. The molecule has 6 nitrogen and oxygen atoms in total. The number of allylic oxidation sites excluding steroid dienone is 1. The number of nitrogens with zero attached hydrogens (tertiary/aromatic N) is 2. The van der Waals surface area contributed by atoms with Crippen LogP contribution in [0.1, 0.15) is 42.5 Å². The zero-order chi connectivity index (χ0) is 23.2. The number of halogens is 2. The molecule has 0 spiro atoms. The lowest BCUT2D eigenvalue weighted by Crippen LogP contribution is -2.42. The fourth-order valence-electron chi connectivity index (χ4n) is 3.85. The third kappa shape index (κ3) is 4.02. The smallest absolute Gasteiger partial charge is 0.307 e. The average Bonchev–Trinajstić information content (AvgIpc) is 3.16. The van der Waals surface area contributed by atoms with Crippen molar-refractivity contribution < 1.29 is 13.9 Å². The molecule has 8 heteroatoms. The van der Waals surface area contributed by atoms with Gasteiger partial charge in [-0.25, -0.2) is 5.43 Å². The number of nitrogens with one attached hydrogen (secondary N) is 1. The fraction of sp³-hybridized carbons (Fsp3) is 0.250. The molecule has 0 bridgehead atoms. The number of furan rings is 1. The van der Waals surface area contributed by atoms with Crippen LogP contribution >= 0.6 is 27.5 Å². The summed E-state index contributed by atoms with van der Waals surface area (Å²) in [5.41, 5.74) is 6.91. The van der Waals surface area contributed by atoms with Gasteiger partial charge in [-0.05, 0) is 56.7 Å². The molecule has 1 amide bonds. The summed E-state index contributed by atoms with van der Waals surface area (Å²) in [4.78, 5) is 14.7. The second-order valence-electron chi connectivity index (χ2n) is 8.27. The Morgan fingerprint density at radius 2 is 2.03 bits per heavy atom. The Bertz CT molecular complexity index is 1290. The molecular formula is C24H23BrClN3O3. The number of anilines is 1. The minimum absolute atomic E-state index is 0.102. The summed E-state index contributed by atoms with van der Waals surface area (Å²) < 4.78 is 11.8. The van der Waals surface area contributed by atoms with Gasteiger partial charge in [0, 0.05) is 33.7 Å². The SMILES string of the molecule is COc1cc(Br)cc2cc(C(=O)N/N=C/c3cc4c(cc3Cl)N(C)C(C)(C)C=C4C)oc12. The van der Waals surface area contributed by atoms with Crippen LogP contribution in [0.15, 0.2) is 50.4 Å². The standard InChI is InChI=1S/C24H23BrClN3O3/c1-13-11-24(2,3)29(4)19-10-18(26)15(7-17(13)19)12-27-28-23(30)21-8-14-6-16(25)9-20(31-5)22(14)32-21/h6-12H,1-5H3,(H,28,30)/b27-12+. The Labute approximate surface area is 200 Å². The third-order valence-electron chi connectivity index (χ3n) is 5.70. The van der Waals surface area contributed by atoms with Crippen molar-refractivity contribution in [2.24, 2.45) is 5.10 Å². The minimum Gasteiger partial charge on any atom is -0.493 e. The first kappa shape index (κ1) is 22.4.